The van der Waals surface area contributed by atoms with Crippen LogP contribution in [0, 0.1) is 0 Å². The Kier molecular flexibility index (Phi) is 6.32. The van der Waals surface area contributed by atoms with Gasteiger partial charge in [-0.25, -0.2) is 4.68 Å². The van der Waals surface area contributed by atoms with E-state index in [4.69, 9.17) is 0 Å². The van der Waals surface area contributed by atoms with Gasteiger partial charge in [0.05, 0.1) is 6.20 Å². The lowest BCUT2D eigenvalue weighted by Crippen LogP contribution is -2.16. The SMILES string of the molecule is CCCn1nccc1NC(=O)CCSc1ccccc1Br. The van der Waals surface area contributed by atoms with E-state index in [1.54, 1.807) is 18.0 Å². The van der Waals surface area contributed by atoms with Crippen LogP contribution in [0.1, 0.15) is 19.8 Å². The molecule has 0 fully saturated rings. The van der Waals surface area contributed by atoms with Crippen molar-refractivity contribution in [3.8, 4) is 0 Å². The van der Waals surface area contributed by atoms with E-state index < -0.39 is 0 Å². The molecule has 0 saturated heterocycles. The van der Waals surface area contributed by atoms with E-state index in [0.717, 1.165) is 33.9 Å². The summed E-state index contributed by atoms with van der Waals surface area (Å²) in [6.07, 6.45) is 3.17. The van der Waals surface area contributed by atoms with Gasteiger partial charge >= 0.3 is 0 Å². The molecule has 1 heterocycles. The second kappa shape index (κ2) is 8.24. The summed E-state index contributed by atoms with van der Waals surface area (Å²) in [6, 6.07) is 9.86. The first-order chi connectivity index (χ1) is 10.2. The van der Waals surface area contributed by atoms with Gasteiger partial charge in [-0.3, -0.25) is 4.79 Å². The summed E-state index contributed by atoms with van der Waals surface area (Å²) in [6.45, 7) is 2.90. The zero-order chi connectivity index (χ0) is 15.1. The molecule has 2 aromatic rings. The average Bonchev–Trinajstić information content (AvgIpc) is 2.89. The van der Waals surface area contributed by atoms with Crippen molar-refractivity contribution in [2.24, 2.45) is 0 Å². The number of benzene rings is 1. The van der Waals surface area contributed by atoms with Gasteiger partial charge in [0.2, 0.25) is 5.91 Å². The Morgan fingerprint density at radius 2 is 2.19 bits per heavy atom. The average molecular weight is 368 g/mol. The third-order valence-electron chi connectivity index (χ3n) is 2.84. The maximum Gasteiger partial charge on any atom is 0.226 e. The molecule has 1 amide bonds. The maximum absolute atomic E-state index is 12.0. The Morgan fingerprint density at radius 3 is 2.95 bits per heavy atom. The van der Waals surface area contributed by atoms with Crippen LogP contribution in [-0.4, -0.2) is 21.4 Å². The minimum absolute atomic E-state index is 0.0207. The standard InChI is InChI=1S/C15H18BrN3OS/c1-2-10-19-14(7-9-17-19)18-15(20)8-11-21-13-6-4-3-5-12(13)16/h3-7,9H,2,8,10-11H2,1H3,(H,18,20). The number of halogens is 1. The molecule has 0 atom stereocenters. The number of rotatable bonds is 7. The van der Waals surface area contributed by atoms with Crippen molar-refractivity contribution in [1.29, 1.82) is 0 Å². The van der Waals surface area contributed by atoms with Crippen LogP contribution in [0.2, 0.25) is 0 Å². The number of hydrogen-bond acceptors (Lipinski definition) is 3. The van der Waals surface area contributed by atoms with Crippen LogP contribution in [0.5, 0.6) is 0 Å². The second-order valence-corrected chi connectivity index (χ2v) is 6.51. The van der Waals surface area contributed by atoms with Crippen LogP contribution in [0.4, 0.5) is 5.82 Å². The van der Waals surface area contributed by atoms with Crippen molar-refractivity contribution in [3.63, 3.8) is 0 Å². The smallest absolute Gasteiger partial charge is 0.226 e. The predicted molar refractivity (Wildman–Crippen MR) is 90.6 cm³/mol. The number of nitrogens with one attached hydrogen (secondary N) is 1. The van der Waals surface area contributed by atoms with E-state index in [0.29, 0.717) is 6.42 Å². The second-order valence-electron chi connectivity index (χ2n) is 4.52. The zero-order valence-corrected chi connectivity index (χ0v) is 14.3. The molecular weight excluding hydrogens is 350 g/mol. The third kappa shape index (κ3) is 4.89. The van der Waals surface area contributed by atoms with E-state index in [1.807, 2.05) is 35.0 Å². The highest BCUT2D eigenvalue weighted by atomic mass is 79.9. The molecule has 6 heteroatoms. The molecule has 0 aliphatic carbocycles. The molecule has 1 aromatic heterocycles. The van der Waals surface area contributed by atoms with Gasteiger partial charge in [-0.15, -0.1) is 11.8 Å². The van der Waals surface area contributed by atoms with Crippen molar-refractivity contribution in [2.45, 2.75) is 31.2 Å². The number of aryl methyl sites for hydroxylation is 1. The molecule has 2 rings (SSSR count). The Morgan fingerprint density at radius 1 is 1.38 bits per heavy atom. The van der Waals surface area contributed by atoms with Gasteiger partial charge in [-0.1, -0.05) is 19.1 Å². The fourth-order valence-electron chi connectivity index (χ4n) is 1.85. The van der Waals surface area contributed by atoms with Crippen molar-refractivity contribution in [2.75, 3.05) is 11.1 Å². The summed E-state index contributed by atoms with van der Waals surface area (Å²) in [5.74, 6) is 1.54. The molecule has 21 heavy (non-hydrogen) atoms. The lowest BCUT2D eigenvalue weighted by Gasteiger charge is -2.08. The third-order valence-corrected chi connectivity index (χ3v) is 4.87. The van der Waals surface area contributed by atoms with Crippen LogP contribution >= 0.6 is 27.7 Å². The van der Waals surface area contributed by atoms with E-state index in [-0.39, 0.29) is 5.91 Å². The molecule has 0 saturated carbocycles. The maximum atomic E-state index is 12.0. The molecule has 4 nitrogen and oxygen atoms in total. The first kappa shape index (κ1) is 16.1. The summed E-state index contributed by atoms with van der Waals surface area (Å²) in [5, 5.41) is 7.10. The Bertz CT molecular complexity index is 600. The van der Waals surface area contributed by atoms with Gasteiger partial charge in [-0.2, -0.15) is 5.10 Å². The summed E-state index contributed by atoms with van der Waals surface area (Å²) >= 11 is 5.18. The van der Waals surface area contributed by atoms with Crippen LogP contribution in [-0.2, 0) is 11.3 Å². The van der Waals surface area contributed by atoms with Gasteiger partial charge < -0.3 is 5.32 Å². The molecule has 0 unspecified atom stereocenters. The number of amides is 1. The lowest BCUT2D eigenvalue weighted by atomic mass is 10.4. The molecule has 1 aromatic carbocycles. The van der Waals surface area contributed by atoms with Crippen LogP contribution in [0.25, 0.3) is 0 Å². The van der Waals surface area contributed by atoms with Gasteiger partial charge in [0, 0.05) is 34.2 Å². The Balaban J connectivity index is 1.80. The lowest BCUT2D eigenvalue weighted by molar-refractivity contribution is -0.115. The largest absolute Gasteiger partial charge is 0.311 e. The fraction of sp³-hybridized carbons (Fsp3) is 0.333. The van der Waals surface area contributed by atoms with Crippen LogP contribution in [0.15, 0.2) is 45.9 Å². The molecule has 112 valence electrons. The van der Waals surface area contributed by atoms with Gasteiger partial charge in [0.25, 0.3) is 0 Å². The highest BCUT2D eigenvalue weighted by Gasteiger charge is 2.07. The van der Waals surface area contributed by atoms with Crippen LogP contribution < -0.4 is 5.32 Å². The first-order valence-corrected chi connectivity index (χ1v) is 8.67. The van der Waals surface area contributed by atoms with E-state index in [2.05, 4.69) is 33.3 Å². The van der Waals surface area contributed by atoms with E-state index in [1.165, 1.54) is 0 Å². The summed E-state index contributed by atoms with van der Waals surface area (Å²) < 4.78 is 2.88. The Hall–Kier alpha value is -1.27. The minimum Gasteiger partial charge on any atom is -0.311 e. The molecule has 0 bridgehead atoms. The molecule has 0 aliphatic heterocycles. The van der Waals surface area contributed by atoms with E-state index in [9.17, 15) is 4.79 Å². The highest BCUT2D eigenvalue weighted by Crippen LogP contribution is 2.27. The number of aromatic nitrogens is 2. The fourth-order valence-corrected chi connectivity index (χ4v) is 3.37. The van der Waals surface area contributed by atoms with Gasteiger partial charge in [0.1, 0.15) is 5.82 Å². The van der Waals surface area contributed by atoms with Crippen LogP contribution in [0.3, 0.4) is 0 Å². The Labute approximate surface area is 137 Å². The number of nitrogens with zero attached hydrogens (tertiary/aromatic N) is 2. The number of carbonyl (C=O) groups excluding carboxylic acids is 1. The topological polar surface area (TPSA) is 46.9 Å². The monoisotopic (exact) mass is 367 g/mol. The summed E-state index contributed by atoms with van der Waals surface area (Å²) in [7, 11) is 0. The molecule has 0 spiro atoms. The number of thioether (sulfide) groups is 1. The van der Waals surface area contributed by atoms with Crippen molar-refractivity contribution in [3.05, 3.63) is 41.0 Å². The van der Waals surface area contributed by atoms with E-state index >= 15 is 0 Å². The van der Waals surface area contributed by atoms with Crippen molar-refractivity contribution >= 4 is 39.4 Å². The zero-order valence-electron chi connectivity index (χ0n) is 11.9. The quantitative estimate of drug-likeness (QED) is 0.746. The van der Waals surface area contributed by atoms with Crippen molar-refractivity contribution in [1.82, 2.24) is 9.78 Å². The highest BCUT2D eigenvalue weighted by molar-refractivity contribution is 9.10. The normalized spacial score (nSPS) is 10.6. The number of anilines is 1. The number of hydrogen-bond donors (Lipinski definition) is 1. The molecule has 0 radical (unpaired) electrons. The predicted octanol–water partition coefficient (Wildman–Crippen LogP) is 4.18. The summed E-state index contributed by atoms with van der Waals surface area (Å²) in [4.78, 5) is 13.1. The number of carbonyl (C=O) groups is 1. The minimum atomic E-state index is 0.0207. The molecule has 1 N–H and O–H groups in total. The van der Waals surface area contributed by atoms with Gasteiger partial charge in [-0.05, 0) is 34.5 Å². The summed E-state index contributed by atoms with van der Waals surface area (Å²) in [5.41, 5.74) is 0. The van der Waals surface area contributed by atoms with Gasteiger partial charge in [0.15, 0.2) is 0 Å². The van der Waals surface area contributed by atoms with Crippen molar-refractivity contribution < 1.29 is 4.79 Å². The molecular formula is C15H18BrN3OS. The molecule has 0 aliphatic rings. The first-order valence-electron chi connectivity index (χ1n) is 6.89.